The van der Waals surface area contributed by atoms with Gasteiger partial charge in [0.05, 0.1) is 12.2 Å². The lowest BCUT2D eigenvalue weighted by Gasteiger charge is -2.30. The molecule has 2 heterocycles. The van der Waals surface area contributed by atoms with Gasteiger partial charge in [-0.15, -0.1) is 0 Å². The van der Waals surface area contributed by atoms with E-state index in [2.05, 4.69) is 159 Å². The van der Waals surface area contributed by atoms with E-state index in [0.29, 0.717) is 24.5 Å². The Bertz CT molecular complexity index is 2440. The topological polar surface area (TPSA) is 71.0 Å². The Kier molecular flexibility index (Phi) is 12.8. The van der Waals surface area contributed by atoms with Gasteiger partial charge in [0.2, 0.25) is 16.0 Å². The molecule has 0 aliphatic heterocycles. The molecule has 0 unspecified atom stereocenters. The highest BCUT2D eigenvalue weighted by Gasteiger charge is 2.42. The van der Waals surface area contributed by atoms with Gasteiger partial charge in [0.25, 0.3) is 0 Å². The molecule has 0 bridgehead atoms. The third kappa shape index (κ3) is 9.56. The lowest BCUT2D eigenvalue weighted by Crippen LogP contribution is -2.31. The van der Waals surface area contributed by atoms with Gasteiger partial charge < -0.3 is 26.3 Å². The average molecular weight is 907 g/mol. The Morgan fingerprint density at radius 2 is 0.656 bits per heavy atom. The highest BCUT2D eigenvalue weighted by atomic mass is 31.1. The summed E-state index contributed by atoms with van der Waals surface area (Å²) in [6, 6.07) is 18.3. The van der Waals surface area contributed by atoms with E-state index in [0.717, 1.165) is 82.4 Å². The van der Waals surface area contributed by atoms with E-state index < -0.39 is 16.0 Å². The quantitative estimate of drug-likeness (QED) is 0.159. The first kappa shape index (κ1) is 47.1. The molecule has 8 rings (SSSR count). The second kappa shape index (κ2) is 17.4. The maximum atomic E-state index is 7.11. The molecule has 0 radical (unpaired) electrons. The SMILES string of the molecule is Cc1cc(C(C)(C)C)c2op(CO[C@H]3CCC[C@@H]3[C@H]3CCC[C@@H]3OCp3oc4c(C(C)(C)C)cc(C)cc4c4cc(C)cc(C(C)(C)C)c4o3)oc3c(C(C)(C)C)cc(C)cc3c2c1. The van der Waals surface area contributed by atoms with Crippen molar-refractivity contribution < 1.29 is 26.3 Å². The van der Waals surface area contributed by atoms with E-state index in [1.165, 1.54) is 44.5 Å². The molecule has 346 valence electrons. The van der Waals surface area contributed by atoms with E-state index in [1.54, 1.807) is 0 Å². The first-order chi connectivity index (χ1) is 29.9. The van der Waals surface area contributed by atoms with Gasteiger partial charge in [-0.1, -0.05) is 120 Å². The minimum atomic E-state index is -1.45. The molecule has 4 atom stereocenters. The number of hydrogen-bond donors (Lipinski definition) is 0. The summed E-state index contributed by atoms with van der Waals surface area (Å²) in [7, 11) is -2.89. The Morgan fingerprint density at radius 1 is 0.406 bits per heavy atom. The van der Waals surface area contributed by atoms with Gasteiger partial charge in [-0.3, -0.25) is 0 Å². The van der Waals surface area contributed by atoms with Crippen LogP contribution in [0.2, 0.25) is 0 Å². The van der Waals surface area contributed by atoms with Crippen LogP contribution in [-0.4, -0.2) is 12.2 Å². The predicted molar refractivity (Wildman–Crippen MR) is 271 cm³/mol. The monoisotopic (exact) mass is 907 g/mol. The predicted octanol–water partition coefficient (Wildman–Crippen LogP) is 18.3. The van der Waals surface area contributed by atoms with Crippen LogP contribution in [0.25, 0.3) is 43.9 Å². The summed E-state index contributed by atoms with van der Waals surface area (Å²) in [6.45, 7) is 36.1. The normalized spacial score (nSPS) is 20.1. The van der Waals surface area contributed by atoms with Gasteiger partial charge in [-0.05, 0) is 133 Å². The van der Waals surface area contributed by atoms with Crippen molar-refractivity contribution in [1.82, 2.24) is 0 Å². The summed E-state index contributed by atoms with van der Waals surface area (Å²) in [5, 5.41) is 4.48. The van der Waals surface area contributed by atoms with Gasteiger partial charge in [-0.2, -0.15) is 0 Å². The number of rotatable bonds is 7. The number of benzene rings is 4. The second-order valence-electron chi connectivity index (χ2n) is 23.6. The first-order valence-corrected chi connectivity index (χ1v) is 26.7. The van der Waals surface area contributed by atoms with Crippen molar-refractivity contribution in [3.05, 3.63) is 93.0 Å². The van der Waals surface area contributed by atoms with Crippen LogP contribution in [0.15, 0.2) is 65.3 Å². The van der Waals surface area contributed by atoms with Crippen molar-refractivity contribution in [3.8, 4) is 0 Å². The molecule has 4 aromatic carbocycles. The standard InChI is InChI=1S/C56H76O6P2/c1-33-23-39-40-24-34(2)28-44(54(8,9)10)50(40)60-63(59-49(39)43(27-33)53(5,6)7)31-57-47-21-17-19-37(47)38-20-18-22-48(38)58-32-64-61-51-41(25-35(3)29-45(51)55(11,12)13)42-26-36(4)30-46(52(42)62-64)56(14,15)16/h23-30,37-38,47-48H,17-22,31-32H2,1-16H3/t37-,38-,47+,48+/m1/s1. The fourth-order valence-electron chi connectivity index (χ4n) is 10.7. The molecular weight excluding hydrogens is 831 g/mol. The smallest absolute Gasteiger partial charge is 0.244 e. The molecule has 2 fully saturated rings. The summed E-state index contributed by atoms with van der Waals surface area (Å²) < 4.78 is 42.6. The van der Waals surface area contributed by atoms with E-state index in [1.807, 2.05) is 0 Å². The fourth-order valence-corrected chi connectivity index (χ4v) is 13.2. The summed E-state index contributed by atoms with van der Waals surface area (Å²) in [6.07, 6.45) is 7.76. The minimum Gasteiger partial charge on any atom is -0.417 e. The second-order valence-corrected chi connectivity index (χ2v) is 26.2. The van der Waals surface area contributed by atoms with Gasteiger partial charge in [0.15, 0.2) is 0 Å². The van der Waals surface area contributed by atoms with E-state index >= 15 is 0 Å². The lowest BCUT2D eigenvalue weighted by atomic mass is 9.83. The van der Waals surface area contributed by atoms with E-state index in [-0.39, 0.29) is 33.9 Å². The van der Waals surface area contributed by atoms with Gasteiger partial charge >= 0.3 is 0 Å². The average Bonchev–Trinajstić information content (AvgIpc) is 3.78. The van der Waals surface area contributed by atoms with Gasteiger partial charge in [0.1, 0.15) is 35.0 Å². The molecule has 2 aromatic heterocycles. The summed E-state index contributed by atoms with van der Waals surface area (Å²) in [5.74, 6) is 0.816. The van der Waals surface area contributed by atoms with Crippen molar-refractivity contribution in [1.29, 1.82) is 0 Å². The largest absolute Gasteiger partial charge is 0.417 e. The zero-order valence-electron chi connectivity index (χ0n) is 41.9. The molecule has 0 amide bonds. The highest BCUT2D eigenvalue weighted by Crippen LogP contribution is 2.49. The Balaban J connectivity index is 1.13. The maximum Gasteiger partial charge on any atom is 0.244 e. The van der Waals surface area contributed by atoms with E-state index in [9.17, 15) is 0 Å². The molecule has 0 N–H and O–H groups in total. The molecule has 2 saturated carbocycles. The van der Waals surface area contributed by atoms with Crippen molar-refractivity contribution in [2.24, 2.45) is 11.8 Å². The molecular formula is C56H76O6P2. The van der Waals surface area contributed by atoms with Crippen LogP contribution >= 0.6 is 16.0 Å². The lowest BCUT2D eigenvalue weighted by molar-refractivity contribution is -0.0345. The number of ether oxygens (including phenoxy) is 2. The van der Waals surface area contributed by atoms with Crippen molar-refractivity contribution in [2.75, 3.05) is 0 Å². The summed E-state index contributed by atoms with van der Waals surface area (Å²) >= 11 is 0. The van der Waals surface area contributed by atoms with Crippen molar-refractivity contribution in [2.45, 2.75) is 196 Å². The van der Waals surface area contributed by atoms with Gasteiger partial charge in [-0.25, -0.2) is 0 Å². The van der Waals surface area contributed by atoms with E-state index in [4.69, 9.17) is 26.3 Å². The molecule has 0 spiro atoms. The maximum absolute atomic E-state index is 7.11. The van der Waals surface area contributed by atoms with Crippen molar-refractivity contribution >= 4 is 59.9 Å². The molecule has 0 saturated heterocycles. The highest BCUT2D eigenvalue weighted by molar-refractivity contribution is 7.36. The minimum absolute atomic E-state index is 0.115. The fraction of sp³-hybridized carbons (Fsp3) is 0.571. The molecule has 6 aromatic rings. The van der Waals surface area contributed by atoms with Crippen LogP contribution in [0.5, 0.6) is 0 Å². The zero-order valence-corrected chi connectivity index (χ0v) is 43.7. The van der Waals surface area contributed by atoms with Crippen LogP contribution < -0.4 is 0 Å². The first-order valence-electron chi connectivity index (χ1n) is 24.0. The molecule has 64 heavy (non-hydrogen) atoms. The summed E-state index contributed by atoms with van der Waals surface area (Å²) in [4.78, 5) is 0. The number of hydrogen-bond acceptors (Lipinski definition) is 6. The third-order valence-corrected chi connectivity index (χ3v) is 16.1. The van der Waals surface area contributed by atoms with Crippen LogP contribution in [0.4, 0.5) is 0 Å². The van der Waals surface area contributed by atoms with Gasteiger partial charge in [0, 0.05) is 43.8 Å². The molecule has 2 aliphatic carbocycles. The number of aryl methyl sites for hydroxylation is 4. The third-order valence-electron chi connectivity index (χ3n) is 13.9. The Labute approximate surface area is 385 Å². The van der Waals surface area contributed by atoms with Crippen LogP contribution in [0.3, 0.4) is 0 Å². The zero-order chi connectivity index (χ0) is 46.3. The summed E-state index contributed by atoms with van der Waals surface area (Å²) in [5.41, 5.74) is 13.0. The Morgan fingerprint density at radius 3 is 0.891 bits per heavy atom. The van der Waals surface area contributed by atoms with Crippen molar-refractivity contribution in [3.63, 3.8) is 0 Å². The van der Waals surface area contributed by atoms with Crippen LogP contribution in [-0.2, 0) is 43.8 Å². The van der Waals surface area contributed by atoms with Crippen LogP contribution in [0, 0.1) is 39.5 Å². The molecule has 6 nitrogen and oxygen atoms in total. The Hall–Kier alpha value is -3.40. The molecule has 8 heteroatoms. The molecule has 2 aliphatic rings. The van der Waals surface area contributed by atoms with Crippen LogP contribution in [0.1, 0.15) is 166 Å². The number of fused-ring (bicyclic) bond motifs is 6.